The van der Waals surface area contributed by atoms with Gasteiger partial charge in [-0.05, 0) is 26.4 Å². The third-order valence-electron chi connectivity index (χ3n) is 2.10. The highest BCUT2D eigenvalue weighted by atomic mass is 16.1. The lowest BCUT2D eigenvalue weighted by molar-refractivity contribution is -0.123. The SMILES string of the molecule is CC.CN1CCCC[C@@H]1C(N)=O.[HH]. The summed E-state index contributed by atoms with van der Waals surface area (Å²) in [6.45, 7) is 5.01. The molecule has 74 valence electrons. The second-order valence-corrected chi connectivity index (χ2v) is 2.89. The molecule has 1 rings (SSSR count). The van der Waals surface area contributed by atoms with Gasteiger partial charge in [0.25, 0.3) is 0 Å². The quantitative estimate of drug-likeness (QED) is 0.650. The summed E-state index contributed by atoms with van der Waals surface area (Å²) in [5, 5.41) is 0. The van der Waals surface area contributed by atoms with E-state index in [-0.39, 0.29) is 13.4 Å². The van der Waals surface area contributed by atoms with Crippen LogP contribution in [-0.2, 0) is 4.79 Å². The van der Waals surface area contributed by atoms with Crippen LogP contribution >= 0.6 is 0 Å². The third kappa shape index (κ3) is 3.22. The third-order valence-corrected chi connectivity index (χ3v) is 2.10. The van der Waals surface area contributed by atoms with E-state index in [2.05, 4.69) is 0 Å². The molecule has 0 bridgehead atoms. The Morgan fingerprint density at radius 2 is 2.08 bits per heavy atom. The topological polar surface area (TPSA) is 46.3 Å². The maximum Gasteiger partial charge on any atom is 0.234 e. The van der Waals surface area contributed by atoms with Crippen molar-refractivity contribution in [1.29, 1.82) is 0 Å². The van der Waals surface area contributed by atoms with Crippen molar-refractivity contribution in [2.45, 2.75) is 39.2 Å². The highest BCUT2D eigenvalue weighted by Crippen LogP contribution is 2.13. The molecule has 12 heavy (non-hydrogen) atoms. The first-order valence-electron chi connectivity index (χ1n) is 4.71. The molecule has 1 atom stereocenters. The Kier molecular flexibility index (Phi) is 5.72. The van der Waals surface area contributed by atoms with Crippen LogP contribution in [0.2, 0.25) is 0 Å². The van der Waals surface area contributed by atoms with Crippen molar-refractivity contribution in [3.8, 4) is 0 Å². The lowest BCUT2D eigenvalue weighted by Gasteiger charge is -2.29. The van der Waals surface area contributed by atoms with Gasteiger partial charge in [-0.25, -0.2) is 0 Å². The Morgan fingerprint density at radius 3 is 2.42 bits per heavy atom. The number of hydrogen-bond acceptors (Lipinski definition) is 2. The molecule has 0 radical (unpaired) electrons. The molecule has 2 N–H and O–H groups in total. The molecule has 3 nitrogen and oxygen atoms in total. The number of likely N-dealkylation sites (N-methyl/N-ethyl adjacent to an activating group) is 1. The summed E-state index contributed by atoms with van der Waals surface area (Å²) < 4.78 is 0. The van der Waals surface area contributed by atoms with Crippen molar-refractivity contribution in [2.75, 3.05) is 13.6 Å². The van der Waals surface area contributed by atoms with E-state index in [0.29, 0.717) is 0 Å². The minimum absolute atomic E-state index is 0. The standard InChI is InChI=1S/C7H14N2O.C2H6.H2/c1-9-5-3-2-4-6(9)7(8)10;1-2;/h6H,2-5H2,1H3,(H2,8,10);1-2H3;1H/t6-;;/m1../s1. The van der Waals surface area contributed by atoms with Crippen LogP contribution in [0, 0.1) is 0 Å². The Morgan fingerprint density at radius 1 is 1.50 bits per heavy atom. The fourth-order valence-corrected chi connectivity index (χ4v) is 1.43. The molecule has 3 heteroatoms. The van der Waals surface area contributed by atoms with Crippen molar-refractivity contribution in [1.82, 2.24) is 4.90 Å². The van der Waals surface area contributed by atoms with Crippen LogP contribution in [0.5, 0.6) is 0 Å². The van der Waals surface area contributed by atoms with Gasteiger partial charge >= 0.3 is 0 Å². The monoisotopic (exact) mass is 174 g/mol. The number of nitrogens with two attached hydrogens (primary N) is 1. The highest BCUT2D eigenvalue weighted by molar-refractivity contribution is 5.79. The van der Waals surface area contributed by atoms with Gasteiger partial charge in [-0.2, -0.15) is 0 Å². The number of rotatable bonds is 1. The van der Waals surface area contributed by atoms with Gasteiger partial charge in [0, 0.05) is 1.43 Å². The minimum Gasteiger partial charge on any atom is -0.368 e. The van der Waals surface area contributed by atoms with E-state index >= 15 is 0 Å². The molecule has 1 amide bonds. The summed E-state index contributed by atoms with van der Waals surface area (Å²) in [7, 11) is 1.95. The molecule has 0 spiro atoms. The van der Waals surface area contributed by atoms with E-state index in [4.69, 9.17) is 5.73 Å². The first-order chi connectivity index (χ1) is 5.72. The van der Waals surface area contributed by atoms with Gasteiger partial charge in [0.2, 0.25) is 5.91 Å². The van der Waals surface area contributed by atoms with Crippen LogP contribution in [0.25, 0.3) is 0 Å². The summed E-state index contributed by atoms with van der Waals surface area (Å²) >= 11 is 0. The van der Waals surface area contributed by atoms with Gasteiger partial charge in [-0.15, -0.1) is 0 Å². The Balaban J connectivity index is 0. The number of hydrogen-bond donors (Lipinski definition) is 1. The van der Waals surface area contributed by atoms with Crippen LogP contribution in [0.15, 0.2) is 0 Å². The minimum atomic E-state index is -0.179. The lowest BCUT2D eigenvalue weighted by atomic mass is 10.0. The molecule has 0 aromatic heterocycles. The van der Waals surface area contributed by atoms with Crippen LogP contribution in [0.4, 0.5) is 0 Å². The van der Waals surface area contributed by atoms with Crippen molar-refractivity contribution in [3.63, 3.8) is 0 Å². The molecule has 0 saturated carbocycles. The summed E-state index contributed by atoms with van der Waals surface area (Å²) in [4.78, 5) is 12.8. The van der Waals surface area contributed by atoms with Gasteiger partial charge in [-0.1, -0.05) is 20.3 Å². The first-order valence-corrected chi connectivity index (χ1v) is 4.71. The zero-order chi connectivity index (χ0) is 9.56. The van der Waals surface area contributed by atoms with E-state index in [9.17, 15) is 4.79 Å². The maximum absolute atomic E-state index is 10.7. The summed E-state index contributed by atoms with van der Waals surface area (Å²) in [5.41, 5.74) is 5.18. The fraction of sp³-hybridized carbons (Fsp3) is 0.889. The average molecular weight is 174 g/mol. The van der Waals surface area contributed by atoms with Crippen molar-refractivity contribution in [3.05, 3.63) is 0 Å². The van der Waals surface area contributed by atoms with Gasteiger partial charge in [0.15, 0.2) is 0 Å². The molecule has 0 aliphatic carbocycles. The fourth-order valence-electron chi connectivity index (χ4n) is 1.43. The van der Waals surface area contributed by atoms with Crippen LogP contribution < -0.4 is 5.73 Å². The molecule has 1 heterocycles. The van der Waals surface area contributed by atoms with Gasteiger partial charge in [-0.3, -0.25) is 9.69 Å². The molecular formula is C9H22N2O. The van der Waals surface area contributed by atoms with E-state index in [1.54, 1.807) is 0 Å². The van der Waals surface area contributed by atoms with Gasteiger partial charge in [0.05, 0.1) is 6.04 Å². The van der Waals surface area contributed by atoms with Gasteiger partial charge < -0.3 is 5.73 Å². The van der Waals surface area contributed by atoms with Crippen LogP contribution in [-0.4, -0.2) is 30.4 Å². The Labute approximate surface area is 76.4 Å². The molecular weight excluding hydrogens is 152 g/mol. The first kappa shape index (κ1) is 11.4. The van der Waals surface area contributed by atoms with Crippen LogP contribution in [0.3, 0.4) is 0 Å². The average Bonchev–Trinajstić information content (AvgIpc) is 2.08. The van der Waals surface area contributed by atoms with E-state index < -0.39 is 0 Å². The number of nitrogens with zero attached hydrogens (tertiary/aromatic N) is 1. The Bertz CT molecular complexity index is 142. The van der Waals surface area contributed by atoms with E-state index in [1.165, 1.54) is 6.42 Å². The molecule has 1 saturated heterocycles. The number of piperidine rings is 1. The lowest BCUT2D eigenvalue weighted by Crippen LogP contribution is -2.45. The predicted octanol–water partition coefficient (Wildman–Crippen LogP) is 1.23. The summed E-state index contributed by atoms with van der Waals surface area (Å²) in [6, 6.07) is -0.00579. The number of carbonyl (C=O) groups excluding carboxylic acids is 1. The number of amides is 1. The highest BCUT2D eigenvalue weighted by Gasteiger charge is 2.22. The second-order valence-electron chi connectivity index (χ2n) is 2.89. The van der Waals surface area contributed by atoms with E-state index in [0.717, 1.165) is 19.4 Å². The predicted molar refractivity (Wildman–Crippen MR) is 52.9 cm³/mol. The molecule has 0 aromatic rings. The van der Waals surface area contributed by atoms with Gasteiger partial charge in [0.1, 0.15) is 0 Å². The van der Waals surface area contributed by atoms with Crippen molar-refractivity contribution in [2.24, 2.45) is 5.73 Å². The zero-order valence-electron chi connectivity index (χ0n) is 8.34. The normalized spacial score (nSPS) is 24.1. The smallest absolute Gasteiger partial charge is 0.234 e. The molecule has 1 aliphatic heterocycles. The second kappa shape index (κ2) is 6.00. The zero-order valence-corrected chi connectivity index (χ0v) is 8.34. The summed E-state index contributed by atoms with van der Waals surface area (Å²) in [5.74, 6) is -0.179. The molecule has 0 unspecified atom stereocenters. The summed E-state index contributed by atoms with van der Waals surface area (Å²) in [6.07, 6.45) is 3.27. The molecule has 1 fully saturated rings. The number of carbonyl (C=O) groups is 1. The van der Waals surface area contributed by atoms with E-state index in [1.807, 2.05) is 25.8 Å². The molecule has 0 aromatic carbocycles. The maximum atomic E-state index is 10.7. The number of primary amides is 1. The molecule has 1 aliphatic rings. The van der Waals surface area contributed by atoms with Crippen molar-refractivity contribution < 1.29 is 6.22 Å². The Hall–Kier alpha value is -0.570. The van der Waals surface area contributed by atoms with Crippen molar-refractivity contribution >= 4 is 5.91 Å². The largest absolute Gasteiger partial charge is 0.368 e. The number of likely N-dealkylation sites (tertiary alicyclic amines) is 1. The van der Waals surface area contributed by atoms with Crippen LogP contribution in [0.1, 0.15) is 34.5 Å².